The lowest BCUT2D eigenvalue weighted by Crippen LogP contribution is -2.49. The average Bonchev–Trinajstić information content (AvgIpc) is 2.75. The largest absolute Gasteiger partial charge is 0.468 e. The summed E-state index contributed by atoms with van der Waals surface area (Å²) < 4.78 is 5.07. The van der Waals surface area contributed by atoms with Gasteiger partial charge in [0.15, 0.2) is 0 Å². The maximum atomic E-state index is 12.5. The lowest BCUT2D eigenvalue weighted by atomic mass is 10.0. The van der Waals surface area contributed by atoms with Crippen LogP contribution in [0.2, 0.25) is 5.02 Å². The topological polar surface area (TPSA) is 58.6 Å². The van der Waals surface area contributed by atoms with E-state index in [1.165, 1.54) is 7.11 Å². The minimum absolute atomic E-state index is 0.297. The molecule has 2 heterocycles. The molecule has 0 bridgehead atoms. The third kappa shape index (κ3) is 3.53. The molecule has 7 heteroatoms. The van der Waals surface area contributed by atoms with E-state index in [9.17, 15) is 4.79 Å². The number of para-hydroxylation sites is 1. The predicted octanol–water partition coefficient (Wildman–Crippen LogP) is 3.32. The molecule has 6 nitrogen and oxygen atoms in total. The molecule has 1 aromatic heterocycles. The molecule has 1 fully saturated rings. The minimum atomic E-state index is -0.511. The van der Waals surface area contributed by atoms with Gasteiger partial charge in [0.05, 0.1) is 12.6 Å². The van der Waals surface area contributed by atoms with Gasteiger partial charge in [0.1, 0.15) is 18.2 Å². The first-order valence-corrected chi connectivity index (χ1v) is 9.58. The van der Waals surface area contributed by atoms with Crippen molar-refractivity contribution in [2.75, 3.05) is 38.2 Å². The highest BCUT2D eigenvalue weighted by Gasteiger charge is 2.33. The van der Waals surface area contributed by atoms with Crippen LogP contribution >= 0.6 is 11.6 Å². The van der Waals surface area contributed by atoms with E-state index in [2.05, 4.69) is 19.8 Å². The van der Waals surface area contributed by atoms with Gasteiger partial charge in [0, 0.05) is 36.6 Å². The highest BCUT2D eigenvalue weighted by atomic mass is 35.5. The molecule has 1 aliphatic rings. The summed E-state index contributed by atoms with van der Waals surface area (Å²) in [4.78, 5) is 25.7. The maximum absolute atomic E-state index is 12.5. The molecule has 0 radical (unpaired) electrons. The highest BCUT2D eigenvalue weighted by molar-refractivity contribution is 6.31. The van der Waals surface area contributed by atoms with Crippen molar-refractivity contribution < 1.29 is 9.53 Å². The number of carbonyl (C=O) groups is 1. The van der Waals surface area contributed by atoms with Gasteiger partial charge < -0.3 is 9.64 Å². The maximum Gasteiger partial charge on any atom is 0.327 e. The fraction of sp³-hybridized carbons (Fsp3) is 0.286. The number of benzene rings is 2. The summed E-state index contributed by atoms with van der Waals surface area (Å²) in [6.07, 6.45) is 1.60. The van der Waals surface area contributed by atoms with E-state index in [0.29, 0.717) is 18.1 Å². The molecule has 0 N–H and O–H groups in total. The Morgan fingerprint density at radius 3 is 2.50 bits per heavy atom. The number of methoxy groups -OCH3 is 1. The molecule has 0 amide bonds. The van der Waals surface area contributed by atoms with E-state index in [0.717, 1.165) is 35.4 Å². The molecule has 28 heavy (non-hydrogen) atoms. The molecule has 2 aromatic carbocycles. The first kappa shape index (κ1) is 18.7. The van der Waals surface area contributed by atoms with Crippen molar-refractivity contribution in [1.29, 1.82) is 0 Å². The van der Waals surface area contributed by atoms with Crippen molar-refractivity contribution in [1.82, 2.24) is 14.9 Å². The van der Waals surface area contributed by atoms with Crippen LogP contribution in [0.3, 0.4) is 0 Å². The number of ether oxygens (including phenoxy) is 1. The number of anilines is 1. The van der Waals surface area contributed by atoms with Gasteiger partial charge in [0.25, 0.3) is 0 Å². The fourth-order valence-electron chi connectivity index (χ4n) is 3.72. The smallest absolute Gasteiger partial charge is 0.327 e. The zero-order valence-corrected chi connectivity index (χ0v) is 16.3. The summed E-state index contributed by atoms with van der Waals surface area (Å²) in [6.45, 7) is 2.89. The van der Waals surface area contributed by atoms with Crippen LogP contribution in [0.1, 0.15) is 11.6 Å². The number of aromatic nitrogens is 2. The summed E-state index contributed by atoms with van der Waals surface area (Å²) in [5.41, 5.74) is 1.70. The number of halogens is 1. The molecule has 1 aliphatic heterocycles. The van der Waals surface area contributed by atoms with Crippen molar-refractivity contribution in [3.05, 3.63) is 65.4 Å². The molecule has 144 valence electrons. The minimum Gasteiger partial charge on any atom is -0.468 e. The van der Waals surface area contributed by atoms with Crippen molar-refractivity contribution in [3.63, 3.8) is 0 Å². The Labute approximate surface area is 168 Å². The van der Waals surface area contributed by atoms with Gasteiger partial charge in [-0.3, -0.25) is 4.90 Å². The van der Waals surface area contributed by atoms with Crippen molar-refractivity contribution >= 4 is 34.3 Å². The lowest BCUT2D eigenvalue weighted by molar-refractivity contribution is -0.147. The SMILES string of the molecule is COC(=O)C(c1ccccc1Cl)N1CCN(c2ncnc3ccccc23)CC1. The number of hydrogen-bond donors (Lipinski definition) is 0. The van der Waals surface area contributed by atoms with Crippen LogP contribution in [0.25, 0.3) is 10.9 Å². The van der Waals surface area contributed by atoms with Gasteiger partial charge in [-0.25, -0.2) is 14.8 Å². The average molecular weight is 397 g/mol. The summed E-state index contributed by atoms with van der Waals surface area (Å²) in [7, 11) is 1.41. The highest BCUT2D eigenvalue weighted by Crippen LogP contribution is 2.31. The third-order valence-electron chi connectivity index (χ3n) is 5.12. The molecule has 1 saturated heterocycles. The normalized spacial score (nSPS) is 16.1. The standard InChI is InChI=1S/C21H21ClN4O2/c1-28-21(27)19(15-6-2-4-8-17(15)22)25-10-12-26(13-11-25)20-16-7-3-5-9-18(16)23-14-24-20/h2-9,14,19H,10-13H2,1H3. The van der Waals surface area contributed by atoms with Crippen LogP contribution in [-0.2, 0) is 9.53 Å². The second kappa shape index (κ2) is 8.12. The number of rotatable bonds is 4. The second-order valence-electron chi connectivity index (χ2n) is 6.68. The molecule has 0 saturated carbocycles. The van der Waals surface area contributed by atoms with Crippen LogP contribution in [0.5, 0.6) is 0 Å². The number of carbonyl (C=O) groups excluding carboxylic acids is 1. The van der Waals surface area contributed by atoms with Crippen molar-refractivity contribution in [3.8, 4) is 0 Å². The van der Waals surface area contributed by atoms with Crippen LogP contribution in [0.4, 0.5) is 5.82 Å². The molecule has 4 rings (SSSR count). The van der Waals surface area contributed by atoms with Gasteiger partial charge in [-0.1, -0.05) is 41.9 Å². The molecular formula is C21H21ClN4O2. The zero-order valence-electron chi connectivity index (χ0n) is 15.6. The Bertz CT molecular complexity index is 984. The van der Waals surface area contributed by atoms with Crippen LogP contribution in [0.15, 0.2) is 54.9 Å². The van der Waals surface area contributed by atoms with E-state index in [-0.39, 0.29) is 5.97 Å². The molecule has 1 unspecified atom stereocenters. The molecule has 1 atom stereocenters. The Morgan fingerprint density at radius 2 is 1.75 bits per heavy atom. The van der Waals surface area contributed by atoms with Gasteiger partial charge in [-0.2, -0.15) is 0 Å². The molecule has 0 aliphatic carbocycles. The monoisotopic (exact) mass is 396 g/mol. The van der Waals surface area contributed by atoms with Gasteiger partial charge in [0.2, 0.25) is 0 Å². The van der Waals surface area contributed by atoms with Crippen molar-refractivity contribution in [2.45, 2.75) is 6.04 Å². The number of hydrogen-bond acceptors (Lipinski definition) is 6. The summed E-state index contributed by atoms with van der Waals surface area (Å²) in [6, 6.07) is 14.9. The van der Waals surface area contributed by atoms with E-state index >= 15 is 0 Å². The van der Waals surface area contributed by atoms with E-state index in [1.807, 2.05) is 42.5 Å². The molecule has 0 spiro atoms. The van der Waals surface area contributed by atoms with Gasteiger partial charge in [-0.15, -0.1) is 0 Å². The number of nitrogens with zero attached hydrogens (tertiary/aromatic N) is 4. The first-order chi connectivity index (χ1) is 13.7. The van der Waals surface area contributed by atoms with E-state index in [4.69, 9.17) is 16.3 Å². The Hall–Kier alpha value is -2.70. The summed E-state index contributed by atoms with van der Waals surface area (Å²) in [5.74, 6) is 0.631. The second-order valence-corrected chi connectivity index (χ2v) is 7.09. The van der Waals surface area contributed by atoms with Gasteiger partial charge in [-0.05, 0) is 23.8 Å². The molecule has 3 aromatic rings. The Morgan fingerprint density at radius 1 is 1.04 bits per heavy atom. The first-order valence-electron chi connectivity index (χ1n) is 9.20. The van der Waals surface area contributed by atoms with E-state index in [1.54, 1.807) is 12.4 Å². The summed E-state index contributed by atoms with van der Waals surface area (Å²) >= 11 is 6.37. The predicted molar refractivity (Wildman–Crippen MR) is 110 cm³/mol. The number of piperazine rings is 1. The van der Waals surface area contributed by atoms with Crippen LogP contribution in [-0.4, -0.2) is 54.1 Å². The van der Waals surface area contributed by atoms with Crippen LogP contribution < -0.4 is 4.90 Å². The van der Waals surface area contributed by atoms with E-state index < -0.39 is 6.04 Å². The van der Waals surface area contributed by atoms with Gasteiger partial charge >= 0.3 is 5.97 Å². The quantitative estimate of drug-likeness (QED) is 0.630. The fourth-order valence-corrected chi connectivity index (χ4v) is 3.95. The number of esters is 1. The Balaban J connectivity index is 1.57. The van der Waals surface area contributed by atoms with Crippen molar-refractivity contribution in [2.24, 2.45) is 0 Å². The summed E-state index contributed by atoms with van der Waals surface area (Å²) in [5, 5.41) is 1.61. The third-order valence-corrected chi connectivity index (χ3v) is 5.47. The van der Waals surface area contributed by atoms with Crippen LogP contribution in [0, 0.1) is 0 Å². The lowest BCUT2D eigenvalue weighted by Gasteiger charge is -2.39. The zero-order chi connectivity index (χ0) is 19.5. The molecular weight excluding hydrogens is 376 g/mol. The number of fused-ring (bicyclic) bond motifs is 1. The Kier molecular flexibility index (Phi) is 5.41.